The lowest BCUT2D eigenvalue weighted by Gasteiger charge is -2.16. The van der Waals surface area contributed by atoms with Crippen LogP contribution >= 0.6 is 0 Å². The van der Waals surface area contributed by atoms with Crippen molar-refractivity contribution in [3.8, 4) is 0 Å². The van der Waals surface area contributed by atoms with Crippen molar-refractivity contribution in [1.29, 1.82) is 0 Å². The molecule has 2 aliphatic rings. The SMILES string of the molecule is CCC1CCC(NCCCC(C)CCNCCC(C)CCCNC2CCC(CC)C2)C1. The molecule has 0 aliphatic heterocycles. The van der Waals surface area contributed by atoms with Gasteiger partial charge in [0.1, 0.15) is 0 Å². The van der Waals surface area contributed by atoms with E-state index in [9.17, 15) is 0 Å². The van der Waals surface area contributed by atoms with E-state index < -0.39 is 0 Å². The Labute approximate surface area is 195 Å². The van der Waals surface area contributed by atoms with Crippen LogP contribution in [0.1, 0.15) is 118 Å². The Kier molecular flexibility index (Phi) is 14.4. The van der Waals surface area contributed by atoms with Crippen molar-refractivity contribution in [2.75, 3.05) is 26.2 Å². The summed E-state index contributed by atoms with van der Waals surface area (Å²) in [6, 6.07) is 1.63. The minimum Gasteiger partial charge on any atom is -0.317 e. The molecule has 0 aromatic heterocycles. The molecule has 0 radical (unpaired) electrons. The summed E-state index contributed by atoms with van der Waals surface area (Å²) in [4.78, 5) is 0. The summed E-state index contributed by atoms with van der Waals surface area (Å²) >= 11 is 0. The van der Waals surface area contributed by atoms with Gasteiger partial charge < -0.3 is 16.0 Å². The molecule has 184 valence electrons. The fraction of sp³-hybridized carbons (Fsp3) is 1.00. The lowest BCUT2D eigenvalue weighted by Crippen LogP contribution is -2.28. The summed E-state index contributed by atoms with van der Waals surface area (Å²) in [5, 5.41) is 11.3. The van der Waals surface area contributed by atoms with Crippen LogP contribution < -0.4 is 16.0 Å². The summed E-state index contributed by atoms with van der Waals surface area (Å²) in [5.74, 6) is 3.69. The molecule has 3 N–H and O–H groups in total. The smallest absolute Gasteiger partial charge is 0.00698 e. The third kappa shape index (κ3) is 12.1. The largest absolute Gasteiger partial charge is 0.317 e. The van der Waals surface area contributed by atoms with Crippen molar-refractivity contribution in [3.05, 3.63) is 0 Å². The average molecular weight is 436 g/mol. The van der Waals surface area contributed by atoms with E-state index >= 15 is 0 Å². The van der Waals surface area contributed by atoms with E-state index in [1.807, 2.05) is 0 Å². The molecule has 2 rings (SSSR count). The van der Waals surface area contributed by atoms with Crippen LogP contribution in [0, 0.1) is 23.7 Å². The summed E-state index contributed by atoms with van der Waals surface area (Å²) < 4.78 is 0. The predicted octanol–water partition coefficient (Wildman–Crippen LogP) is 6.53. The van der Waals surface area contributed by atoms with Crippen LogP contribution in [0.2, 0.25) is 0 Å². The van der Waals surface area contributed by atoms with Gasteiger partial charge in [-0.05, 0) is 127 Å². The summed E-state index contributed by atoms with van der Waals surface area (Å²) in [7, 11) is 0. The third-order valence-corrected chi connectivity index (χ3v) is 8.48. The van der Waals surface area contributed by atoms with Gasteiger partial charge in [0.05, 0.1) is 0 Å². The van der Waals surface area contributed by atoms with E-state index in [4.69, 9.17) is 0 Å². The number of rotatable bonds is 18. The second kappa shape index (κ2) is 16.5. The number of hydrogen-bond donors (Lipinski definition) is 3. The van der Waals surface area contributed by atoms with Crippen molar-refractivity contribution in [1.82, 2.24) is 16.0 Å². The molecule has 3 nitrogen and oxygen atoms in total. The highest BCUT2D eigenvalue weighted by Crippen LogP contribution is 2.28. The van der Waals surface area contributed by atoms with Crippen molar-refractivity contribution < 1.29 is 0 Å². The normalized spacial score (nSPS) is 28.3. The average Bonchev–Trinajstić information content (AvgIpc) is 3.43. The molecule has 0 heterocycles. The van der Waals surface area contributed by atoms with Gasteiger partial charge in [0, 0.05) is 12.1 Å². The zero-order valence-corrected chi connectivity index (χ0v) is 21.7. The van der Waals surface area contributed by atoms with E-state index in [0.29, 0.717) is 0 Å². The highest BCUT2D eigenvalue weighted by Gasteiger charge is 2.23. The maximum atomic E-state index is 3.81. The Balaban J connectivity index is 1.33. The first-order chi connectivity index (χ1) is 15.1. The van der Waals surface area contributed by atoms with Crippen molar-refractivity contribution >= 4 is 0 Å². The molecule has 0 amide bonds. The number of nitrogens with one attached hydrogen (secondary N) is 3. The molecule has 31 heavy (non-hydrogen) atoms. The van der Waals surface area contributed by atoms with E-state index in [1.165, 1.54) is 116 Å². The second-order valence-electron chi connectivity index (χ2n) is 11.3. The lowest BCUT2D eigenvalue weighted by atomic mass is 10.0. The van der Waals surface area contributed by atoms with E-state index in [1.54, 1.807) is 0 Å². The van der Waals surface area contributed by atoms with Gasteiger partial charge in [0.15, 0.2) is 0 Å². The molecule has 0 bridgehead atoms. The number of hydrogen-bond acceptors (Lipinski definition) is 3. The van der Waals surface area contributed by atoms with Gasteiger partial charge in [-0.2, -0.15) is 0 Å². The van der Waals surface area contributed by atoms with Gasteiger partial charge in [0.2, 0.25) is 0 Å². The van der Waals surface area contributed by atoms with Gasteiger partial charge in [-0.1, -0.05) is 40.5 Å². The molecule has 2 aliphatic carbocycles. The predicted molar refractivity (Wildman–Crippen MR) is 138 cm³/mol. The first kappa shape index (κ1) is 27.1. The first-order valence-corrected chi connectivity index (χ1v) is 14.3. The summed E-state index contributed by atoms with van der Waals surface area (Å²) in [6.07, 6.45) is 19.4. The maximum Gasteiger partial charge on any atom is 0.00698 e. The van der Waals surface area contributed by atoms with Crippen LogP contribution in [0.25, 0.3) is 0 Å². The standard InChI is InChI=1S/C28H57N3/c1-5-25-11-13-27(21-25)30-17-7-9-23(3)15-19-29-20-16-24(4)10-8-18-31-28-14-12-26(6-2)22-28/h23-31H,5-22H2,1-4H3. The van der Waals surface area contributed by atoms with Gasteiger partial charge in [0.25, 0.3) is 0 Å². The van der Waals surface area contributed by atoms with Crippen LogP contribution in [0.3, 0.4) is 0 Å². The minimum atomic E-state index is 0.816. The van der Waals surface area contributed by atoms with E-state index in [-0.39, 0.29) is 0 Å². The first-order valence-electron chi connectivity index (χ1n) is 14.3. The van der Waals surface area contributed by atoms with Crippen molar-refractivity contribution in [2.24, 2.45) is 23.7 Å². The fourth-order valence-electron chi connectivity index (χ4n) is 5.89. The van der Waals surface area contributed by atoms with Gasteiger partial charge in [-0.3, -0.25) is 0 Å². The molecule has 0 aromatic rings. The Morgan fingerprint density at radius 2 is 1.06 bits per heavy atom. The molecular weight excluding hydrogens is 378 g/mol. The highest BCUT2D eigenvalue weighted by molar-refractivity contribution is 4.80. The topological polar surface area (TPSA) is 36.1 Å². The second-order valence-corrected chi connectivity index (χ2v) is 11.3. The molecule has 0 spiro atoms. The monoisotopic (exact) mass is 435 g/mol. The van der Waals surface area contributed by atoms with E-state index in [0.717, 1.165) is 35.8 Å². The van der Waals surface area contributed by atoms with Gasteiger partial charge in [-0.15, -0.1) is 0 Å². The molecule has 2 saturated carbocycles. The summed E-state index contributed by atoms with van der Waals surface area (Å²) in [5.41, 5.74) is 0. The highest BCUT2D eigenvalue weighted by atomic mass is 14.9. The molecule has 3 heteroatoms. The van der Waals surface area contributed by atoms with Gasteiger partial charge >= 0.3 is 0 Å². The Morgan fingerprint density at radius 1 is 0.613 bits per heavy atom. The van der Waals surface area contributed by atoms with Crippen LogP contribution in [0.4, 0.5) is 0 Å². The molecule has 2 fully saturated rings. The van der Waals surface area contributed by atoms with Crippen LogP contribution in [-0.2, 0) is 0 Å². The molecular formula is C28H57N3. The molecule has 0 saturated heterocycles. The maximum absolute atomic E-state index is 3.81. The Hall–Kier alpha value is -0.120. The lowest BCUT2D eigenvalue weighted by molar-refractivity contribution is 0.407. The quantitative estimate of drug-likeness (QED) is 0.214. The zero-order chi connectivity index (χ0) is 22.3. The molecule has 6 unspecified atom stereocenters. The zero-order valence-electron chi connectivity index (χ0n) is 21.7. The van der Waals surface area contributed by atoms with Crippen molar-refractivity contribution in [3.63, 3.8) is 0 Å². The minimum absolute atomic E-state index is 0.816. The Bertz CT molecular complexity index is 388. The molecule has 0 aromatic carbocycles. The van der Waals surface area contributed by atoms with Crippen molar-refractivity contribution in [2.45, 2.75) is 130 Å². The van der Waals surface area contributed by atoms with Gasteiger partial charge in [-0.25, -0.2) is 0 Å². The van der Waals surface area contributed by atoms with Crippen LogP contribution in [0.5, 0.6) is 0 Å². The third-order valence-electron chi connectivity index (χ3n) is 8.48. The Morgan fingerprint density at radius 3 is 1.45 bits per heavy atom. The van der Waals surface area contributed by atoms with Crippen LogP contribution in [0.15, 0.2) is 0 Å². The summed E-state index contributed by atoms with van der Waals surface area (Å²) in [6.45, 7) is 14.4. The molecule has 6 atom stereocenters. The van der Waals surface area contributed by atoms with E-state index in [2.05, 4.69) is 43.6 Å². The van der Waals surface area contributed by atoms with Crippen LogP contribution in [-0.4, -0.2) is 38.3 Å². The fourth-order valence-corrected chi connectivity index (χ4v) is 5.89.